The van der Waals surface area contributed by atoms with E-state index in [9.17, 15) is 14.4 Å². The van der Waals surface area contributed by atoms with E-state index in [-0.39, 0.29) is 31.0 Å². The average Bonchev–Trinajstić information content (AvgIpc) is 2.41. The van der Waals surface area contributed by atoms with Crippen molar-refractivity contribution >= 4 is 17.8 Å². The second-order valence-corrected chi connectivity index (χ2v) is 8.11. The number of ketones is 1. The lowest BCUT2D eigenvalue weighted by Crippen LogP contribution is -2.44. The van der Waals surface area contributed by atoms with E-state index < -0.39 is 23.1 Å². The van der Waals surface area contributed by atoms with Crippen molar-refractivity contribution in [1.82, 2.24) is 5.32 Å². The first-order chi connectivity index (χ1) is 11.3. The largest absolute Gasteiger partial charge is 0.457 e. The summed E-state index contributed by atoms with van der Waals surface area (Å²) in [5.41, 5.74) is -1.22. The lowest BCUT2D eigenvalue weighted by molar-refractivity contribution is -0.156. The molecular formula is C18H33NO6. The summed E-state index contributed by atoms with van der Waals surface area (Å²) in [5, 5.41) is 2.70. The minimum atomic E-state index is -0.638. The smallest absolute Gasteiger partial charge is 0.407 e. The average molecular weight is 359 g/mol. The molecule has 0 fully saturated rings. The first-order valence-electron chi connectivity index (χ1n) is 8.47. The topological polar surface area (TPSA) is 90.9 Å². The van der Waals surface area contributed by atoms with Crippen LogP contribution < -0.4 is 5.32 Å². The fraction of sp³-hybridized carbons (Fsp3) is 0.833. The van der Waals surface area contributed by atoms with Crippen LogP contribution in [0.1, 0.15) is 61.3 Å². The number of nitrogens with one attached hydrogen (secondary N) is 1. The second-order valence-electron chi connectivity index (χ2n) is 8.11. The highest BCUT2D eigenvalue weighted by atomic mass is 16.6. The van der Waals surface area contributed by atoms with E-state index in [1.165, 1.54) is 7.11 Å². The van der Waals surface area contributed by atoms with Crippen molar-refractivity contribution in [3.05, 3.63) is 0 Å². The molecule has 0 aliphatic heterocycles. The van der Waals surface area contributed by atoms with Gasteiger partial charge in [0.1, 0.15) is 12.2 Å². The molecule has 25 heavy (non-hydrogen) atoms. The SMILES string of the molecule is CO[C@H](CCC(=O)COC(=O)C(C)(C)C)[C@@H](C)NC(=O)OC(C)(C)C. The minimum absolute atomic E-state index is 0.191. The van der Waals surface area contributed by atoms with E-state index >= 15 is 0 Å². The number of hydrogen-bond acceptors (Lipinski definition) is 6. The monoisotopic (exact) mass is 359 g/mol. The Bertz CT molecular complexity index is 461. The molecule has 146 valence electrons. The van der Waals surface area contributed by atoms with Crippen LogP contribution in [0.5, 0.6) is 0 Å². The van der Waals surface area contributed by atoms with Gasteiger partial charge in [0.05, 0.1) is 17.6 Å². The minimum Gasteiger partial charge on any atom is -0.457 e. The fourth-order valence-electron chi connectivity index (χ4n) is 1.90. The summed E-state index contributed by atoms with van der Waals surface area (Å²) in [7, 11) is 1.52. The fourth-order valence-corrected chi connectivity index (χ4v) is 1.90. The van der Waals surface area contributed by atoms with Crippen molar-refractivity contribution < 1.29 is 28.6 Å². The molecule has 0 aliphatic carbocycles. The zero-order valence-electron chi connectivity index (χ0n) is 16.7. The molecule has 0 spiro atoms. The molecule has 0 aromatic carbocycles. The van der Waals surface area contributed by atoms with Gasteiger partial charge in [-0.25, -0.2) is 4.79 Å². The predicted octanol–water partition coefficient (Wildman–Crippen LogP) is 2.85. The van der Waals surface area contributed by atoms with E-state index in [1.807, 2.05) is 0 Å². The third-order valence-electron chi connectivity index (χ3n) is 3.29. The van der Waals surface area contributed by atoms with Crippen molar-refractivity contribution in [2.75, 3.05) is 13.7 Å². The number of methoxy groups -OCH3 is 1. The van der Waals surface area contributed by atoms with Crippen LogP contribution in [0.2, 0.25) is 0 Å². The maximum Gasteiger partial charge on any atom is 0.407 e. The lowest BCUT2D eigenvalue weighted by atomic mass is 9.97. The quantitative estimate of drug-likeness (QED) is 0.670. The Balaban J connectivity index is 4.33. The summed E-state index contributed by atoms with van der Waals surface area (Å²) in [6, 6.07) is -0.329. The highest BCUT2D eigenvalue weighted by Gasteiger charge is 2.25. The highest BCUT2D eigenvalue weighted by Crippen LogP contribution is 2.15. The Labute approximate surface area is 150 Å². The van der Waals surface area contributed by atoms with Crippen molar-refractivity contribution in [2.24, 2.45) is 5.41 Å². The van der Waals surface area contributed by atoms with Crippen molar-refractivity contribution in [1.29, 1.82) is 0 Å². The Morgan fingerprint density at radius 2 is 1.60 bits per heavy atom. The summed E-state index contributed by atoms with van der Waals surface area (Å²) < 4.78 is 15.5. The standard InChI is InChI=1S/C18H33NO6/c1-12(19-16(22)25-18(5,6)7)14(23-8)10-9-13(20)11-24-15(21)17(2,3)4/h12,14H,9-11H2,1-8H3,(H,19,22)/t12-,14-/m1/s1. The van der Waals surface area contributed by atoms with Crippen LogP contribution in [0.25, 0.3) is 0 Å². The van der Waals surface area contributed by atoms with Crippen LogP contribution in [0, 0.1) is 5.41 Å². The number of hydrogen-bond donors (Lipinski definition) is 1. The summed E-state index contributed by atoms with van der Waals surface area (Å²) in [4.78, 5) is 35.3. The Kier molecular flexibility index (Phi) is 9.11. The van der Waals surface area contributed by atoms with Crippen LogP contribution in [-0.4, -0.2) is 49.3 Å². The number of amides is 1. The molecule has 0 rings (SSSR count). The molecule has 7 heteroatoms. The molecular weight excluding hydrogens is 326 g/mol. The third-order valence-corrected chi connectivity index (χ3v) is 3.29. The molecule has 7 nitrogen and oxygen atoms in total. The maximum absolute atomic E-state index is 11.9. The lowest BCUT2D eigenvalue weighted by Gasteiger charge is -2.26. The zero-order chi connectivity index (χ0) is 19.8. The van der Waals surface area contributed by atoms with Gasteiger partial charge < -0.3 is 19.5 Å². The van der Waals surface area contributed by atoms with Crippen LogP contribution in [0.15, 0.2) is 0 Å². The molecule has 1 N–H and O–H groups in total. The van der Waals surface area contributed by atoms with E-state index in [2.05, 4.69) is 5.32 Å². The van der Waals surface area contributed by atoms with Gasteiger partial charge in [0, 0.05) is 13.5 Å². The van der Waals surface area contributed by atoms with Crippen LogP contribution >= 0.6 is 0 Å². The molecule has 0 radical (unpaired) electrons. The highest BCUT2D eigenvalue weighted by molar-refractivity contribution is 5.83. The van der Waals surface area contributed by atoms with Gasteiger partial charge >= 0.3 is 12.1 Å². The molecule has 0 heterocycles. The summed E-state index contributed by atoms with van der Waals surface area (Å²) in [6.45, 7) is 12.1. The zero-order valence-corrected chi connectivity index (χ0v) is 16.7. The Morgan fingerprint density at radius 3 is 2.04 bits per heavy atom. The van der Waals surface area contributed by atoms with Crippen molar-refractivity contribution in [2.45, 2.75) is 79.1 Å². The Morgan fingerprint density at radius 1 is 1.04 bits per heavy atom. The molecule has 0 saturated heterocycles. The van der Waals surface area contributed by atoms with Gasteiger partial charge in [0.2, 0.25) is 0 Å². The summed E-state index contributed by atoms with van der Waals surface area (Å²) in [6.07, 6.45) is -0.294. The number of Topliss-reactive ketones (excluding diaryl/α,β-unsaturated/α-hetero) is 1. The normalized spacial score (nSPS) is 14.4. The second kappa shape index (κ2) is 9.75. The molecule has 0 bridgehead atoms. The van der Waals surface area contributed by atoms with Gasteiger partial charge in [-0.05, 0) is 54.9 Å². The van der Waals surface area contributed by atoms with Crippen molar-refractivity contribution in [3.8, 4) is 0 Å². The third kappa shape index (κ3) is 10.8. The van der Waals surface area contributed by atoms with Gasteiger partial charge in [0.15, 0.2) is 5.78 Å². The summed E-state index contributed by atoms with van der Waals surface area (Å²) in [5.74, 6) is -0.603. The predicted molar refractivity (Wildman–Crippen MR) is 94.3 cm³/mol. The van der Waals surface area contributed by atoms with Crippen molar-refractivity contribution in [3.63, 3.8) is 0 Å². The number of ether oxygens (including phenoxy) is 3. The summed E-state index contributed by atoms with van der Waals surface area (Å²) >= 11 is 0. The Hall–Kier alpha value is -1.63. The van der Waals surface area contributed by atoms with E-state index in [4.69, 9.17) is 14.2 Å². The number of esters is 1. The van der Waals surface area contributed by atoms with E-state index in [1.54, 1.807) is 48.5 Å². The van der Waals surface area contributed by atoms with Gasteiger partial charge in [-0.15, -0.1) is 0 Å². The molecule has 0 aromatic heterocycles. The molecule has 1 amide bonds. The first-order valence-corrected chi connectivity index (χ1v) is 8.47. The first kappa shape index (κ1) is 23.4. The number of rotatable bonds is 8. The van der Waals surface area contributed by atoms with Crippen LogP contribution in [-0.2, 0) is 23.8 Å². The molecule has 2 atom stereocenters. The van der Waals surface area contributed by atoms with Gasteiger partial charge in [0.25, 0.3) is 0 Å². The molecule has 0 saturated carbocycles. The van der Waals surface area contributed by atoms with Crippen LogP contribution in [0.4, 0.5) is 4.79 Å². The van der Waals surface area contributed by atoms with Gasteiger partial charge in [-0.1, -0.05) is 0 Å². The molecule has 0 aromatic rings. The molecule has 0 aliphatic rings. The molecule has 0 unspecified atom stereocenters. The number of carbonyl (C=O) groups is 3. The number of alkyl carbamates (subject to hydrolysis) is 1. The van der Waals surface area contributed by atoms with E-state index in [0.29, 0.717) is 6.42 Å². The van der Waals surface area contributed by atoms with E-state index in [0.717, 1.165) is 0 Å². The number of carbonyl (C=O) groups excluding carboxylic acids is 3. The van der Waals surface area contributed by atoms with Gasteiger partial charge in [-0.2, -0.15) is 0 Å². The van der Waals surface area contributed by atoms with Crippen LogP contribution in [0.3, 0.4) is 0 Å². The maximum atomic E-state index is 11.9. The van der Waals surface area contributed by atoms with Gasteiger partial charge in [-0.3, -0.25) is 9.59 Å².